The topological polar surface area (TPSA) is 69.7 Å². The number of hydrogen-bond donors (Lipinski definition) is 1. The highest BCUT2D eigenvalue weighted by Crippen LogP contribution is 2.29. The van der Waals surface area contributed by atoms with E-state index in [9.17, 15) is 13.2 Å². The van der Waals surface area contributed by atoms with Crippen LogP contribution in [0.5, 0.6) is 0 Å². The van der Waals surface area contributed by atoms with Crippen LogP contribution in [0.25, 0.3) is 0 Å². The molecule has 1 unspecified atom stereocenters. The first-order valence-electron chi connectivity index (χ1n) is 8.99. The lowest BCUT2D eigenvalue weighted by Gasteiger charge is -2.38. The summed E-state index contributed by atoms with van der Waals surface area (Å²) in [6.45, 7) is 4.90. The van der Waals surface area contributed by atoms with E-state index in [0.717, 1.165) is 38.6 Å². The molecule has 0 aromatic rings. The highest BCUT2D eigenvalue weighted by atomic mass is 35.5. The lowest BCUT2D eigenvalue weighted by molar-refractivity contribution is -0.136. The van der Waals surface area contributed by atoms with Crippen molar-refractivity contribution in [2.45, 2.75) is 56.7 Å². The Hall–Kier alpha value is -0.370. The number of piperidine rings is 1. The molecule has 0 spiro atoms. The standard InChI is InChI=1S/C16H29N3O3S.ClH/c1-13-11-19(10-8-17-13)23(21,22)15-7-4-9-18(12-15)16(20)14-5-2-3-6-14;/h13-15,17H,2-12H2,1H3;1H/t13-,15?;/m0./s1. The molecule has 3 aliphatic rings. The van der Waals surface area contributed by atoms with Gasteiger partial charge >= 0.3 is 0 Å². The van der Waals surface area contributed by atoms with Gasteiger partial charge in [0, 0.05) is 44.7 Å². The molecule has 2 heterocycles. The van der Waals surface area contributed by atoms with Crippen LogP contribution in [-0.2, 0) is 14.8 Å². The van der Waals surface area contributed by atoms with Crippen LogP contribution in [0, 0.1) is 5.92 Å². The summed E-state index contributed by atoms with van der Waals surface area (Å²) in [5, 5.41) is 2.86. The third-order valence-electron chi connectivity index (χ3n) is 5.51. The Morgan fingerprint density at radius 2 is 1.75 bits per heavy atom. The van der Waals surface area contributed by atoms with Gasteiger partial charge in [-0.15, -0.1) is 12.4 Å². The highest BCUT2D eigenvalue weighted by molar-refractivity contribution is 7.89. The second kappa shape index (κ2) is 8.34. The second-order valence-electron chi connectivity index (χ2n) is 7.29. The quantitative estimate of drug-likeness (QED) is 0.800. The van der Waals surface area contributed by atoms with Crippen molar-refractivity contribution in [2.24, 2.45) is 5.92 Å². The summed E-state index contributed by atoms with van der Waals surface area (Å²) in [5.41, 5.74) is 0. The number of piperazine rings is 1. The molecule has 0 bridgehead atoms. The molecule has 1 saturated carbocycles. The molecule has 3 fully saturated rings. The number of rotatable bonds is 3. The number of carbonyl (C=O) groups excluding carboxylic acids is 1. The zero-order valence-electron chi connectivity index (χ0n) is 14.4. The van der Waals surface area contributed by atoms with E-state index < -0.39 is 15.3 Å². The molecule has 0 aromatic heterocycles. The van der Waals surface area contributed by atoms with Gasteiger partial charge < -0.3 is 10.2 Å². The predicted molar refractivity (Wildman–Crippen MR) is 96.8 cm³/mol. The van der Waals surface area contributed by atoms with E-state index in [0.29, 0.717) is 32.6 Å². The van der Waals surface area contributed by atoms with Crippen molar-refractivity contribution in [3.8, 4) is 0 Å². The SMILES string of the molecule is C[C@H]1CN(S(=O)(=O)C2CCCN(C(=O)C3CCCC3)C2)CCN1.Cl. The summed E-state index contributed by atoms with van der Waals surface area (Å²) in [5.74, 6) is 0.326. The Labute approximate surface area is 151 Å². The molecule has 2 saturated heterocycles. The summed E-state index contributed by atoms with van der Waals surface area (Å²) >= 11 is 0. The van der Waals surface area contributed by atoms with Crippen molar-refractivity contribution in [2.75, 3.05) is 32.7 Å². The van der Waals surface area contributed by atoms with Gasteiger partial charge in [-0.25, -0.2) is 8.42 Å². The molecule has 1 amide bonds. The van der Waals surface area contributed by atoms with E-state index in [1.54, 1.807) is 4.31 Å². The monoisotopic (exact) mass is 379 g/mol. The lowest BCUT2D eigenvalue weighted by Crippen LogP contribution is -2.56. The maximum atomic E-state index is 12.9. The molecule has 1 aliphatic carbocycles. The smallest absolute Gasteiger partial charge is 0.225 e. The number of likely N-dealkylation sites (tertiary alicyclic amines) is 1. The molecular weight excluding hydrogens is 350 g/mol. The molecule has 6 nitrogen and oxygen atoms in total. The highest BCUT2D eigenvalue weighted by Gasteiger charge is 2.39. The van der Waals surface area contributed by atoms with Gasteiger partial charge in [0.25, 0.3) is 0 Å². The average molecular weight is 380 g/mol. The number of nitrogens with one attached hydrogen (secondary N) is 1. The van der Waals surface area contributed by atoms with E-state index in [1.807, 2.05) is 11.8 Å². The Bertz CT molecular complexity index is 537. The Kier molecular flexibility index (Phi) is 6.93. The van der Waals surface area contributed by atoms with Crippen molar-refractivity contribution in [3.63, 3.8) is 0 Å². The Balaban J connectivity index is 0.00000208. The van der Waals surface area contributed by atoms with Crippen LogP contribution in [0.3, 0.4) is 0 Å². The van der Waals surface area contributed by atoms with Gasteiger partial charge in [-0.2, -0.15) is 4.31 Å². The number of carbonyl (C=O) groups is 1. The molecule has 1 N–H and O–H groups in total. The third-order valence-corrected chi connectivity index (χ3v) is 7.79. The van der Waals surface area contributed by atoms with Gasteiger partial charge in [-0.05, 0) is 32.6 Å². The van der Waals surface area contributed by atoms with Crippen molar-refractivity contribution in [3.05, 3.63) is 0 Å². The first-order valence-corrected chi connectivity index (χ1v) is 10.5. The molecule has 24 heavy (non-hydrogen) atoms. The van der Waals surface area contributed by atoms with Gasteiger partial charge in [0.05, 0.1) is 5.25 Å². The maximum absolute atomic E-state index is 12.9. The Morgan fingerprint density at radius 1 is 1.04 bits per heavy atom. The van der Waals surface area contributed by atoms with E-state index >= 15 is 0 Å². The van der Waals surface area contributed by atoms with Crippen LogP contribution in [-0.4, -0.2) is 67.5 Å². The number of nitrogens with zero attached hydrogens (tertiary/aromatic N) is 2. The van der Waals surface area contributed by atoms with Gasteiger partial charge in [0.2, 0.25) is 15.9 Å². The van der Waals surface area contributed by atoms with Crippen LogP contribution in [0.2, 0.25) is 0 Å². The molecule has 2 aliphatic heterocycles. The predicted octanol–water partition coefficient (Wildman–Crippen LogP) is 1.21. The normalized spacial score (nSPS) is 30.1. The average Bonchev–Trinajstić information content (AvgIpc) is 3.09. The minimum Gasteiger partial charge on any atom is -0.341 e. The lowest BCUT2D eigenvalue weighted by atomic mass is 10.0. The van der Waals surface area contributed by atoms with Gasteiger partial charge in [0.15, 0.2) is 0 Å². The van der Waals surface area contributed by atoms with Gasteiger partial charge in [-0.3, -0.25) is 4.79 Å². The fraction of sp³-hybridized carbons (Fsp3) is 0.938. The van der Waals surface area contributed by atoms with Gasteiger partial charge in [-0.1, -0.05) is 12.8 Å². The first-order chi connectivity index (χ1) is 11.0. The van der Waals surface area contributed by atoms with Crippen LogP contribution in [0.15, 0.2) is 0 Å². The van der Waals surface area contributed by atoms with Crippen molar-refractivity contribution in [1.82, 2.24) is 14.5 Å². The molecule has 0 aromatic carbocycles. The fourth-order valence-corrected chi connectivity index (χ4v) is 6.18. The number of hydrogen-bond acceptors (Lipinski definition) is 4. The van der Waals surface area contributed by atoms with E-state index in [1.165, 1.54) is 0 Å². The molecule has 2 atom stereocenters. The van der Waals surface area contributed by atoms with Gasteiger partial charge in [0.1, 0.15) is 0 Å². The summed E-state index contributed by atoms with van der Waals surface area (Å²) in [6.07, 6.45) is 5.68. The van der Waals surface area contributed by atoms with Crippen LogP contribution in [0.1, 0.15) is 45.4 Å². The summed E-state index contributed by atoms with van der Waals surface area (Å²) in [6, 6.07) is 0.193. The molecular formula is C16H30ClN3O3S. The first kappa shape index (κ1) is 19.9. The van der Waals surface area contributed by atoms with Crippen molar-refractivity contribution >= 4 is 28.3 Å². The number of amides is 1. The number of sulfonamides is 1. The van der Waals surface area contributed by atoms with Crippen molar-refractivity contribution < 1.29 is 13.2 Å². The van der Waals surface area contributed by atoms with Crippen LogP contribution >= 0.6 is 12.4 Å². The molecule has 140 valence electrons. The minimum absolute atomic E-state index is 0. The number of halogens is 1. The zero-order chi connectivity index (χ0) is 16.4. The summed E-state index contributed by atoms with van der Waals surface area (Å²) < 4.78 is 27.5. The van der Waals surface area contributed by atoms with E-state index in [4.69, 9.17) is 0 Å². The largest absolute Gasteiger partial charge is 0.341 e. The fourth-order valence-electron chi connectivity index (χ4n) is 4.15. The summed E-state index contributed by atoms with van der Waals surface area (Å²) in [4.78, 5) is 14.4. The van der Waals surface area contributed by atoms with Crippen molar-refractivity contribution in [1.29, 1.82) is 0 Å². The molecule has 0 radical (unpaired) electrons. The second-order valence-corrected chi connectivity index (χ2v) is 9.50. The van der Waals surface area contributed by atoms with E-state index in [2.05, 4.69) is 5.32 Å². The molecule has 3 rings (SSSR count). The van der Waals surface area contributed by atoms with E-state index in [-0.39, 0.29) is 30.3 Å². The zero-order valence-corrected chi connectivity index (χ0v) is 16.1. The molecule has 8 heteroatoms. The minimum atomic E-state index is -3.31. The van der Waals surface area contributed by atoms with Crippen LogP contribution in [0.4, 0.5) is 0 Å². The summed E-state index contributed by atoms with van der Waals surface area (Å²) in [7, 11) is -3.31. The van der Waals surface area contributed by atoms with Crippen LogP contribution < -0.4 is 5.32 Å². The third kappa shape index (κ3) is 4.23. The maximum Gasteiger partial charge on any atom is 0.225 e. The Morgan fingerprint density at radius 3 is 2.42 bits per heavy atom.